The van der Waals surface area contributed by atoms with Crippen molar-refractivity contribution in [3.8, 4) is 22.3 Å². The summed E-state index contributed by atoms with van der Waals surface area (Å²) in [5, 5.41) is 0. The van der Waals surface area contributed by atoms with Gasteiger partial charge in [0, 0.05) is 17.4 Å². The Balaban J connectivity index is 2.31. The van der Waals surface area contributed by atoms with E-state index in [9.17, 15) is 21.6 Å². The number of halogens is 3. The van der Waals surface area contributed by atoms with Crippen LogP contribution in [0.3, 0.4) is 0 Å². The average Bonchev–Trinajstić information content (AvgIpc) is 2.68. The molecule has 0 spiro atoms. The molecule has 2 aromatic carbocycles. The number of hydrogen-bond donors (Lipinski definition) is 0. The number of nitrogens with zero attached hydrogens (tertiary/aromatic N) is 1. The highest BCUT2D eigenvalue weighted by molar-refractivity contribution is 7.86. The Morgan fingerprint density at radius 1 is 0.933 bits per heavy atom. The Hall–Kier alpha value is -2.91. The van der Waals surface area contributed by atoms with Crippen LogP contribution in [0, 0.1) is 0 Å². The lowest BCUT2D eigenvalue weighted by molar-refractivity contribution is -0.855. The summed E-state index contributed by atoms with van der Waals surface area (Å²) in [5.74, 6) is 0. The summed E-state index contributed by atoms with van der Waals surface area (Å²) in [7, 11) is -2.41. The first-order chi connectivity index (χ1) is 14.1. The summed E-state index contributed by atoms with van der Waals surface area (Å²) in [6, 6.07) is 13.8. The lowest BCUT2D eigenvalue weighted by atomic mass is 9.94. The van der Waals surface area contributed by atoms with Crippen molar-refractivity contribution in [1.82, 2.24) is 0 Å². The standard InChI is InChI=1S/C21H19F3NO4S/c1-28-14-20-18(15-7-4-3-5-8-15)12-25(29-30(2,26)27)13-19(20)16-9-6-10-17(11-16)21(22,23)24/h3-13H,14H2,1-2H3/q+1. The van der Waals surface area contributed by atoms with Gasteiger partial charge >= 0.3 is 16.3 Å². The lowest BCUT2D eigenvalue weighted by Crippen LogP contribution is -2.45. The molecule has 1 heterocycles. The van der Waals surface area contributed by atoms with Crippen LogP contribution < -0.4 is 9.01 Å². The third-order valence-corrected chi connectivity index (χ3v) is 4.70. The molecule has 0 aliphatic heterocycles. The van der Waals surface area contributed by atoms with Crippen molar-refractivity contribution >= 4 is 10.1 Å². The lowest BCUT2D eigenvalue weighted by Gasteiger charge is -2.14. The predicted octanol–water partition coefficient (Wildman–Crippen LogP) is 3.86. The molecule has 0 N–H and O–H groups in total. The van der Waals surface area contributed by atoms with Gasteiger partial charge in [0.25, 0.3) is 0 Å². The van der Waals surface area contributed by atoms with Gasteiger partial charge in [0.05, 0.1) is 29.6 Å². The number of ether oxygens (including phenoxy) is 1. The fourth-order valence-electron chi connectivity index (χ4n) is 3.07. The second kappa shape index (κ2) is 8.45. The zero-order chi connectivity index (χ0) is 21.9. The normalized spacial score (nSPS) is 12.0. The molecular formula is C21H19F3NO4S+. The minimum absolute atomic E-state index is 0.0928. The van der Waals surface area contributed by atoms with E-state index in [1.54, 1.807) is 24.3 Å². The second-order valence-corrected chi connectivity index (χ2v) is 8.14. The van der Waals surface area contributed by atoms with Crippen LogP contribution in [-0.4, -0.2) is 21.8 Å². The Bertz CT molecular complexity index is 1150. The van der Waals surface area contributed by atoms with Gasteiger partial charge in [0.1, 0.15) is 0 Å². The zero-order valence-electron chi connectivity index (χ0n) is 16.2. The van der Waals surface area contributed by atoms with Gasteiger partial charge in [-0.2, -0.15) is 21.6 Å². The summed E-state index contributed by atoms with van der Waals surface area (Å²) in [6.45, 7) is 0.0928. The first-order valence-corrected chi connectivity index (χ1v) is 10.6. The maximum Gasteiger partial charge on any atom is 0.416 e. The molecule has 0 bridgehead atoms. The van der Waals surface area contributed by atoms with Gasteiger partial charge in [-0.05, 0) is 23.3 Å². The molecule has 158 valence electrons. The maximum absolute atomic E-state index is 13.2. The van der Waals surface area contributed by atoms with E-state index in [-0.39, 0.29) is 12.2 Å². The van der Waals surface area contributed by atoms with Crippen LogP contribution in [0.1, 0.15) is 11.1 Å². The van der Waals surface area contributed by atoms with Crippen molar-refractivity contribution in [1.29, 1.82) is 0 Å². The van der Waals surface area contributed by atoms with Crippen molar-refractivity contribution < 1.29 is 35.3 Å². The highest BCUT2D eigenvalue weighted by Crippen LogP contribution is 2.35. The van der Waals surface area contributed by atoms with Gasteiger partial charge < -0.3 is 4.74 Å². The van der Waals surface area contributed by atoms with Crippen LogP contribution in [0.15, 0.2) is 67.0 Å². The van der Waals surface area contributed by atoms with Gasteiger partial charge in [-0.25, -0.2) is 0 Å². The minimum Gasteiger partial charge on any atom is -0.380 e. The third-order valence-electron chi connectivity index (χ3n) is 4.26. The predicted molar refractivity (Wildman–Crippen MR) is 105 cm³/mol. The summed E-state index contributed by atoms with van der Waals surface area (Å²) in [4.78, 5) is 0. The van der Waals surface area contributed by atoms with Crippen LogP contribution in [0.25, 0.3) is 22.3 Å². The van der Waals surface area contributed by atoms with E-state index in [4.69, 9.17) is 9.02 Å². The van der Waals surface area contributed by atoms with Crippen molar-refractivity contribution in [2.75, 3.05) is 13.4 Å². The molecule has 0 saturated heterocycles. The van der Waals surface area contributed by atoms with Gasteiger partial charge in [0.15, 0.2) is 0 Å². The number of rotatable bonds is 6. The number of aromatic nitrogens is 1. The van der Waals surface area contributed by atoms with Crippen LogP contribution in [0.2, 0.25) is 0 Å². The molecule has 3 aromatic rings. The first-order valence-electron chi connectivity index (χ1n) is 8.78. The molecule has 0 aliphatic rings. The monoisotopic (exact) mass is 438 g/mol. The van der Waals surface area contributed by atoms with Gasteiger partial charge in [-0.15, -0.1) is 4.28 Å². The molecule has 5 nitrogen and oxygen atoms in total. The fourth-order valence-corrected chi connectivity index (χ4v) is 3.47. The highest BCUT2D eigenvalue weighted by atomic mass is 32.2. The quantitative estimate of drug-likeness (QED) is 0.549. The average molecular weight is 438 g/mol. The Morgan fingerprint density at radius 3 is 2.10 bits per heavy atom. The molecule has 0 radical (unpaired) electrons. The molecule has 3 rings (SSSR count). The molecule has 0 amide bonds. The van der Waals surface area contributed by atoms with Crippen molar-refractivity contribution in [3.05, 3.63) is 78.1 Å². The Labute approximate surface area is 172 Å². The van der Waals surface area contributed by atoms with E-state index in [1.165, 1.54) is 31.6 Å². The molecule has 0 unspecified atom stereocenters. The highest BCUT2D eigenvalue weighted by Gasteiger charge is 2.31. The smallest absolute Gasteiger partial charge is 0.380 e. The molecule has 0 fully saturated rings. The van der Waals surface area contributed by atoms with Crippen molar-refractivity contribution in [3.63, 3.8) is 0 Å². The molecule has 1 aromatic heterocycles. The van der Waals surface area contributed by atoms with E-state index in [0.717, 1.165) is 28.7 Å². The molecule has 0 aliphatic carbocycles. The second-order valence-electron chi connectivity index (χ2n) is 6.58. The summed E-state index contributed by atoms with van der Waals surface area (Å²) >= 11 is 0. The van der Waals surface area contributed by atoms with E-state index < -0.39 is 21.9 Å². The van der Waals surface area contributed by atoms with Crippen LogP contribution in [-0.2, 0) is 27.6 Å². The largest absolute Gasteiger partial charge is 0.416 e. The zero-order valence-corrected chi connectivity index (χ0v) is 17.0. The van der Waals surface area contributed by atoms with Crippen LogP contribution in [0.5, 0.6) is 0 Å². The summed E-state index contributed by atoms with van der Waals surface area (Å²) in [6.07, 6.45) is -0.845. The first kappa shape index (κ1) is 21.8. The van der Waals surface area contributed by atoms with E-state index >= 15 is 0 Å². The number of alkyl halides is 3. The molecule has 0 saturated carbocycles. The van der Waals surface area contributed by atoms with Gasteiger partial charge in [-0.3, -0.25) is 0 Å². The summed E-state index contributed by atoms with van der Waals surface area (Å²) < 4.78 is 74.3. The Morgan fingerprint density at radius 2 is 1.53 bits per heavy atom. The molecule has 9 heteroatoms. The number of pyridine rings is 1. The number of hydrogen-bond acceptors (Lipinski definition) is 4. The SMILES string of the molecule is COCc1c(-c2ccccc2)c[n+](OS(C)(=O)=O)cc1-c1cccc(C(F)(F)F)c1. The topological polar surface area (TPSA) is 56.5 Å². The number of methoxy groups -OCH3 is 1. The van der Waals surface area contributed by atoms with Gasteiger partial charge in [-0.1, -0.05) is 42.5 Å². The summed E-state index contributed by atoms with van der Waals surface area (Å²) in [5.41, 5.74) is 1.68. The van der Waals surface area contributed by atoms with Gasteiger partial charge in [0.2, 0.25) is 12.4 Å². The van der Waals surface area contributed by atoms with E-state index in [0.29, 0.717) is 16.7 Å². The van der Waals surface area contributed by atoms with Crippen molar-refractivity contribution in [2.24, 2.45) is 0 Å². The molecule has 30 heavy (non-hydrogen) atoms. The Kier molecular flexibility index (Phi) is 6.14. The van der Waals surface area contributed by atoms with Crippen molar-refractivity contribution in [2.45, 2.75) is 12.8 Å². The van der Waals surface area contributed by atoms with E-state index in [2.05, 4.69) is 0 Å². The molecular weight excluding hydrogens is 419 g/mol. The van der Waals surface area contributed by atoms with Crippen LogP contribution >= 0.6 is 0 Å². The number of benzene rings is 2. The maximum atomic E-state index is 13.2. The van der Waals surface area contributed by atoms with E-state index in [1.807, 2.05) is 6.07 Å². The minimum atomic E-state index is -4.52. The third kappa shape index (κ3) is 5.17. The fraction of sp³-hybridized carbons (Fsp3) is 0.190. The molecule has 0 atom stereocenters. The van der Waals surface area contributed by atoms with Crippen LogP contribution in [0.4, 0.5) is 13.2 Å².